The number of ether oxygens (including phenoxy) is 2. The fourth-order valence-electron chi connectivity index (χ4n) is 2.03. The summed E-state index contributed by atoms with van der Waals surface area (Å²) < 4.78 is 10.7. The van der Waals surface area contributed by atoms with E-state index in [4.69, 9.17) is 15.2 Å². The van der Waals surface area contributed by atoms with E-state index in [-0.39, 0.29) is 18.1 Å². The van der Waals surface area contributed by atoms with Crippen molar-refractivity contribution in [1.29, 1.82) is 0 Å². The van der Waals surface area contributed by atoms with Crippen LogP contribution in [0.2, 0.25) is 0 Å². The van der Waals surface area contributed by atoms with Crippen LogP contribution in [0.5, 0.6) is 5.75 Å². The molecule has 0 aromatic heterocycles. The molecule has 0 aliphatic carbocycles. The summed E-state index contributed by atoms with van der Waals surface area (Å²) in [6.07, 6.45) is 1.42. The van der Waals surface area contributed by atoms with Gasteiger partial charge in [0.05, 0.1) is 18.9 Å². The highest BCUT2D eigenvalue weighted by atomic mass is 16.5. The van der Waals surface area contributed by atoms with E-state index in [2.05, 4.69) is 5.32 Å². The molecule has 1 amide bonds. The molecule has 0 bridgehead atoms. The Labute approximate surface area is 106 Å². The second-order valence-corrected chi connectivity index (χ2v) is 4.46. The summed E-state index contributed by atoms with van der Waals surface area (Å²) in [6.45, 7) is 1.97. The number of carbonyl (C=O) groups is 1. The number of hydrogen-bond acceptors (Lipinski definition) is 4. The van der Waals surface area contributed by atoms with Crippen molar-refractivity contribution >= 4 is 17.3 Å². The van der Waals surface area contributed by atoms with Crippen LogP contribution in [0.3, 0.4) is 0 Å². The molecule has 0 spiro atoms. The quantitative estimate of drug-likeness (QED) is 0.802. The van der Waals surface area contributed by atoms with E-state index >= 15 is 0 Å². The molecule has 18 heavy (non-hydrogen) atoms. The van der Waals surface area contributed by atoms with Crippen molar-refractivity contribution in [3.05, 3.63) is 18.2 Å². The number of methoxy groups -OCH3 is 1. The Hall–Kier alpha value is -1.75. The Morgan fingerprint density at radius 2 is 2.28 bits per heavy atom. The van der Waals surface area contributed by atoms with Gasteiger partial charge in [0.15, 0.2) is 0 Å². The third-order valence-corrected chi connectivity index (χ3v) is 3.01. The first-order valence-electron chi connectivity index (χ1n) is 6.00. The minimum Gasteiger partial charge on any atom is -0.495 e. The van der Waals surface area contributed by atoms with Crippen molar-refractivity contribution in [3.8, 4) is 5.75 Å². The molecular weight excluding hydrogens is 232 g/mol. The summed E-state index contributed by atoms with van der Waals surface area (Å²) >= 11 is 0. The Morgan fingerprint density at radius 1 is 1.50 bits per heavy atom. The van der Waals surface area contributed by atoms with Crippen molar-refractivity contribution in [1.82, 2.24) is 0 Å². The summed E-state index contributed by atoms with van der Waals surface area (Å²) in [5, 5.41) is 2.80. The number of carbonyl (C=O) groups excluding carboxylic acids is 1. The second-order valence-electron chi connectivity index (χ2n) is 4.46. The van der Waals surface area contributed by atoms with Crippen LogP contribution in [-0.2, 0) is 9.53 Å². The maximum atomic E-state index is 12.0. The lowest BCUT2D eigenvalue weighted by Crippen LogP contribution is -2.27. The molecule has 1 fully saturated rings. The van der Waals surface area contributed by atoms with Crippen LogP contribution in [0, 0.1) is 0 Å². The van der Waals surface area contributed by atoms with Crippen LogP contribution in [-0.4, -0.2) is 25.2 Å². The van der Waals surface area contributed by atoms with Gasteiger partial charge in [-0.15, -0.1) is 0 Å². The largest absolute Gasteiger partial charge is 0.495 e. The number of rotatable bonds is 3. The fraction of sp³-hybridized carbons (Fsp3) is 0.462. The Bertz CT molecular complexity index is 448. The van der Waals surface area contributed by atoms with E-state index in [0.29, 0.717) is 17.1 Å². The van der Waals surface area contributed by atoms with Gasteiger partial charge >= 0.3 is 0 Å². The van der Waals surface area contributed by atoms with Crippen LogP contribution in [0.1, 0.15) is 19.8 Å². The van der Waals surface area contributed by atoms with Gasteiger partial charge < -0.3 is 20.5 Å². The van der Waals surface area contributed by atoms with Gasteiger partial charge in [-0.05, 0) is 38.0 Å². The number of nitrogen functional groups attached to an aromatic ring is 1. The first kappa shape index (κ1) is 12.7. The number of nitrogens with one attached hydrogen (secondary N) is 1. The zero-order valence-corrected chi connectivity index (χ0v) is 10.6. The predicted octanol–water partition coefficient (Wildman–Crippen LogP) is 1.78. The molecule has 1 aliphatic heterocycles. The topological polar surface area (TPSA) is 73.6 Å². The molecule has 1 saturated heterocycles. The Morgan fingerprint density at radius 3 is 2.89 bits per heavy atom. The average molecular weight is 250 g/mol. The Balaban J connectivity index is 2.09. The lowest BCUT2D eigenvalue weighted by Gasteiger charge is -2.14. The molecule has 2 atom stereocenters. The van der Waals surface area contributed by atoms with Gasteiger partial charge in [-0.25, -0.2) is 0 Å². The fourth-order valence-corrected chi connectivity index (χ4v) is 2.03. The third kappa shape index (κ3) is 2.73. The number of anilines is 2. The lowest BCUT2D eigenvalue weighted by molar-refractivity contribution is -0.126. The minimum atomic E-state index is -0.383. The van der Waals surface area contributed by atoms with Gasteiger partial charge in [-0.1, -0.05) is 0 Å². The van der Waals surface area contributed by atoms with E-state index in [1.807, 2.05) is 6.92 Å². The standard InChI is InChI=1S/C13H18N2O3/c1-8-3-5-12(18-8)13(16)15-10-7-9(14)4-6-11(10)17-2/h4,6-8,12H,3,5,14H2,1-2H3,(H,15,16). The van der Waals surface area contributed by atoms with Crippen molar-refractivity contribution in [3.63, 3.8) is 0 Å². The molecule has 1 aliphatic rings. The van der Waals surface area contributed by atoms with E-state index in [1.54, 1.807) is 25.3 Å². The van der Waals surface area contributed by atoms with E-state index in [0.717, 1.165) is 12.8 Å². The van der Waals surface area contributed by atoms with E-state index < -0.39 is 0 Å². The first-order valence-corrected chi connectivity index (χ1v) is 6.00. The lowest BCUT2D eigenvalue weighted by atomic mass is 10.2. The summed E-state index contributed by atoms with van der Waals surface area (Å²) in [5.41, 5.74) is 6.85. The monoisotopic (exact) mass is 250 g/mol. The molecule has 1 aromatic rings. The van der Waals surface area contributed by atoms with Crippen LogP contribution in [0.4, 0.5) is 11.4 Å². The SMILES string of the molecule is COc1ccc(N)cc1NC(=O)C1CCC(C)O1. The molecule has 0 radical (unpaired) electrons. The van der Waals surface area contributed by atoms with Gasteiger partial charge in [0.2, 0.25) is 0 Å². The molecule has 1 heterocycles. The van der Waals surface area contributed by atoms with Crippen LogP contribution in [0.15, 0.2) is 18.2 Å². The van der Waals surface area contributed by atoms with Crippen molar-refractivity contribution < 1.29 is 14.3 Å². The predicted molar refractivity (Wildman–Crippen MR) is 69.6 cm³/mol. The van der Waals surface area contributed by atoms with Gasteiger partial charge in [0, 0.05) is 5.69 Å². The highest BCUT2D eigenvalue weighted by Gasteiger charge is 2.28. The minimum absolute atomic E-state index is 0.142. The highest BCUT2D eigenvalue weighted by molar-refractivity contribution is 5.96. The van der Waals surface area contributed by atoms with Gasteiger partial charge in [0.25, 0.3) is 5.91 Å². The number of amides is 1. The van der Waals surface area contributed by atoms with Crippen molar-refractivity contribution in [2.45, 2.75) is 32.0 Å². The molecule has 5 nitrogen and oxygen atoms in total. The summed E-state index contributed by atoms with van der Waals surface area (Å²) in [6, 6.07) is 5.13. The molecule has 1 aromatic carbocycles. The zero-order chi connectivity index (χ0) is 13.1. The molecule has 98 valence electrons. The molecule has 3 N–H and O–H groups in total. The molecule has 0 saturated carbocycles. The second kappa shape index (κ2) is 5.27. The average Bonchev–Trinajstić information content (AvgIpc) is 2.76. The molecule has 5 heteroatoms. The molecular formula is C13H18N2O3. The van der Waals surface area contributed by atoms with Crippen molar-refractivity contribution in [2.24, 2.45) is 0 Å². The highest BCUT2D eigenvalue weighted by Crippen LogP contribution is 2.28. The summed E-state index contributed by atoms with van der Waals surface area (Å²) in [7, 11) is 1.55. The van der Waals surface area contributed by atoms with Crippen LogP contribution in [0.25, 0.3) is 0 Å². The van der Waals surface area contributed by atoms with E-state index in [1.165, 1.54) is 0 Å². The maximum Gasteiger partial charge on any atom is 0.253 e. The zero-order valence-electron chi connectivity index (χ0n) is 10.6. The molecule has 2 unspecified atom stereocenters. The number of benzene rings is 1. The maximum absolute atomic E-state index is 12.0. The van der Waals surface area contributed by atoms with Gasteiger partial charge in [-0.2, -0.15) is 0 Å². The summed E-state index contributed by atoms with van der Waals surface area (Å²) in [4.78, 5) is 12.0. The summed E-state index contributed by atoms with van der Waals surface area (Å²) in [5.74, 6) is 0.437. The van der Waals surface area contributed by atoms with E-state index in [9.17, 15) is 4.79 Å². The van der Waals surface area contributed by atoms with Crippen molar-refractivity contribution in [2.75, 3.05) is 18.2 Å². The number of nitrogens with two attached hydrogens (primary N) is 1. The van der Waals surface area contributed by atoms with Gasteiger partial charge in [-0.3, -0.25) is 4.79 Å². The normalized spacial score (nSPS) is 22.8. The smallest absolute Gasteiger partial charge is 0.253 e. The first-order chi connectivity index (χ1) is 8.60. The van der Waals surface area contributed by atoms with Gasteiger partial charge in [0.1, 0.15) is 11.9 Å². The molecule has 2 rings (SSSR count). The Kier molecular flexibility index (Phi) is 3.72. The van der Waals surface area contributed by atoms with Crippen LogP contribution < -0.4 is 15.8 Å². The third-order valence-electron chi connectivity index (χ3n) is 3.01. The van der Waals surface area contributed by atoms with Crippen LogP contribution >= 0.6 is 0 Å². The number of hydrogen-bond donors (Lipinski definition) is 2.